The number of hydrogen-bond acceptors (Lipinski definition) is 4. The van der Waals surface area contributed by atoms with E-state index < -0.39 is 0 Å². The standard InChI is InChI=1S/C12H16ClN5/c1-4-18-11(9(13)7-17-18)10(14-3)12-15-5-8(2)6-16-12/h5-7,10,14H,4H2,1-3H3. The molecular weight excluding hydrogens is 250 g/mol. The number of aryl methyl sites for hydroxylation is 2. The van der Waals surface area contributed by atoms with Crippen LogP contribution in [0, 0.1) is 6.92 Å². The van der Waals surface area contributed by atoms with Crippen LogP contribution in [0.25, 0.3) is 0 Å². The molecule has 1 N–H and O–H groups in total. The normalized spacial score (nSPS) is 12.7. The molecule has 0 saturated heterocycles. The number of halogens is 1. The Morgan fingerprint density at radius 1 is 1.33 bits per heavy atom. The van der Waals surface area contributed by atoms with Crippen LogP contribution in [0.4, 0.5) is 0 Å². The molecule has 2 aromatic heterocycles. The minimum atomic E-state index is -0.152. The van der Waals surface area contributed by atoms with Crippen molar-refractivity contribution in [3.63, 3.8) is 0 Å². The number of hydrogen-bond donors (Lipinski definition) is 1. The van der Waals surface area contributed by atoms with Crippen LogP contribution in [0.2, 0.25) is 5.02 Å². The van der Waals surface area contributed by atoms with Gasteiger partial charge in [0.15, 0.2) is 5.82 Å². The molecule has 0 amide bonds. The topological polar surface area (TPSA) is 55.6 Å². The second-order valence-corrected chi connectivity index (χ2v) is 4.44. The quantitative estimate of drug-likeness (QED) is 0.918. The van der Waals surface area contributed by atoms with E-state index in [0.717, 1.165) is 17.8 Å². The maximum Gasteiger partial charge on any atom is 0.151 e. The molecule has 96 valence electrons. The molecule has 2 aromatic rings. The van der Waals surface area contributed by atoms with Crippen LogP contribution in [-0.2, 0) is 6.54 Å². The summed E-state index contributed by atoms with van der Waals surface area (Å²) in [5.41, 5.74) is 1.93. The molecule has 1 atom stereocenters. The molecule has 0 saturated carbocycles. The van der Waals surface area contributed by atoms with Gasteiger partial charge in [-0.15, -0.1) is 0 Å². The average Bonchev–Trinajstić information content (AvgIpc) is 2.74. The molecule has 0 bridgehead atoms. The second-order valence-electron chi connectivity index (χ2n) is 4.03. The van der Waals surface area contributed by atoms with E-state index in [9.17, 15) is 0 Å². The molecule has 0 radical (unpaired) electrons. The Labute approximate surface area is 111 Å². The summed E-state index contributed by atoms with van der Waals surface area (Å²) >= 11 is 6.20. The molecule has 0 fully saturated rings. The Kier molecular flexibility index (Phi) is 3.93. The van der Waals surface area contributed by atoms with Gasteiger partial charge in [-0.25, -0.2) is 9.97 Å². The van der Waals surface area contributed by atoms with Crippen LogP contribution >= 0.6 is 11.6 Å². The maximum absolute atomic E-state index is 6.20. The third-order valence-electron chi connectivity index (χ3n) is 2.75. The highest BCUT2D eigenvalue weighted by Crippen LogP contribution is 2.25. The van der Waals surface area contributed by atoms with Crippen LogP contribution in [0.15, 0.2) is 18.6 Å². The zero-order valence-corrected chi connectivity index (χ0v) is 11.4. The molecule has 0 aliphatic carbocycles. The molecule has 18 heavy (non-hydrogen) atoms. The van der Waals surface area contributed by atoms with E-state index in [1.807, 2.05) is 25.6 Å². The lowest BCUT2D eigenvalue weighted by molar-refractivity contribution is 0.546. The molecule has 0 aliphatic heterocycles. The first-order valence-corrected chi connectivity index (χ1v) is 6.22. The van der Waals surface area contributed by atoms with Gasteiger partial charge in [-0.2, -0.15) is 5.10 Å². The van der Waals surface area contributed by atoms with Crippen LogP contribution in [0.3, 0.4) is 0 Å². The molecular formula is C12H16ClN5. The van der Waals surface area contributed by atoms with E-state index >= 15 is 0 Å². The number of nitrogens with zero attached hydrogens (tertiary/aromatic N) is 4. The van der Waals surface area contributed by atoms with Crippen molar-refractivity contribution in [1.82, 2.24) is 25.1 Å². The van der Waals surface area contributed by atoms with E-state index in [1.54, 1.807) is 18.6 Å². The van der Waals surface area contributed by atoms with Gasteiger partial charge in [-0.05, 0) is 26.5 Å². The summed E-state index contributed by atoms with van der Waals surface area (Å²) < 4.78 is 1.85. The summed E-state index contributed by atoms with van der Waals surface area (Å²) in [6, 6.07) is -0.152. The molecule has 0 aromatic carbocycles. The smallest absolute Gasteiger partial charge is 0.151 e. The Bertz CT molecular complexity index is 520. The lowest BCUT2D eigenvalue weighted by Crippen LogP contribution is -2.23. The monoisotopic (exact) mass is 265 g/mol. The predicted octanol–water partition coefficient (Wildman–Crippen LogP) is 1.96. The van der Waals surface area contributed by atoms with Crippen molar-refractivity contribution in [1.29, 1.82) is 0 Å². The number of aromatic nitrogens is 4. The SMILES string of the molecule is CCn1ncc(Cl)c1C(NC)c1ncc(C)cn1. The van der Waals surface area contributed by atoms with E-state index in [4.69, 9.17) is 11.6 Å². The first kappa shape index (κ1) is 13.0. The molecule has 0 aliphatic rings. The van der Waals surface area contributed by atoms with Gasteiger partial charge in [0.1, 0.15) is 6.04 Å². The Morgan fingerprint density at radius 3 is 2.56 bits per heavy atom. The molecule has 6 heteroatoms. The molecule has 0 spiro atoms. The third-order valence-corrected chi connectivity index (χ3v) is 3.05. The fraction of sp³-hybridized carbons (Fsp3) is 0.417. The fourth-order valence-electron chi connectivity index (χ4n) is 1.85. The van der Waals surface area contributed by atoms with Crippen molar-refractivity contribution in [2.24, 2.45) is 0 Å². The van der Waals surface area contributed by atoms with E-state index in [2.05, 4.69) is 20.4 Å². The zero-order valence-electron chi connectivity index (χ0n) is 10.7. The van der Waals surface area contributed by atoms with Crippen LogP contribution in [-0.4, -0.2) is 26.8 Å². The Morgan fingerprint density at radius 2 is 2.00 bits per heavy atom. The average molecular weight is 266 g/mol. The summed E-state index contributed by atoms with van der Waals surface area (Å²) in [6.07, 6.45) is 5.25. The highest BCUT2D eigenvalue weighted by molar-refractivity contribution is 6.31. The molecule has 2 heterocycles. The van der Waals surface area contributed by atoms with Gasteiger partial charge in [0.05, 0.1) is 16.9 Å². The lowest BCUT2D eigenvalue weighted by Gasteiger charge is -2.16. The highest BCUT2D eigenvalue weighted by Gasteiger charge is 2.22. The van der Waals surface area contributed by atoms with Crippen LogP contribution in [0.5, 0.6) is 0 Å². The van der Waals surface area contributed by atoms with E-state index in [0.29, 0.717) is 10.8 Å². The van der Waals surface area contributed by atoms with Gasteiger partial charge in [0.2, 0.25) is 0 Å². The predicted molar refractivity (Wildman–Crippen MR) is 70.6 cm³/mol. The minimum absolute atomic E-state index is 0.152. The first-order valence-electron chi connectivity index (χ1n) is 5.84. The highest BCUT2D eigenvalue weighted by atomic mass is 35.5. The summed E-state index contributed by atoms with van der Waals surface area (Å²) in [5.74, 6) is 0.695. The number of rotatable bonds is 4. The summed E-state index contributed by atoms with van der Waals surface area (Å²) in [4.78, 5) is 8.70. The van der Waals surface area contributed by atoms with Gasteiger partial charge >= 0.3 is 0 Å². The summed E-state index contributed by atoms with van der Waals surface area (Å²) in [6.45, 7) is 4.74. The third kappa shape index (κ3) is 2.37. The fourth-order valence-corrected chi connectivity index (χ4v) is 2.10. The van der Waals surface area contributed by atoms with Gasteiger partial charge < -0.3 is 5.32 Å². The van der Waals surface area contributed by atoms with Crippen molar-refractivity contribution in [3.05, 3.63) is 40.7 Å². The Hall–Kier alpha value is -1.46. The lowest BCUT2D eigenvalue weighted by atomic mass is 10.2. The van der Waals surface area contributed by atoms with Crippen molar-refractivity contribution in [2.45, 2.75) is 26.4 Å². The van der Waals surface area contributed by atoms with Crippen molar-refractivity contribution < 1.29 is 0 Å². The van der Waals surface area contributed by atoms with E-state index in [1.165, 1.54) is 0 Å². The Balaban J connectivity index is 2.44. The largest absolute Gasteiger partial charge is 0.305 e. The van der Waals surface area contributed by atoms with Gasteiger partial charge in [-0.3, -0.25) is 4.68 Å². The van der Waals surface area contributed by atoms with Crippen molar-refractivity contribution in [2.75, 3.05) is 7.05 Å². The van der Waals surface area contributed by atoms with Crippen LogP contribution < -0.4 is 5.32 Å². The van der Waals surface area contributed by atoms with E-state index in [-0.39, 0.29) is 6.04 Å². The maximum atomic E-state index is 6.20. The molecule has 1 unspecified atom stereocenters. The van der Waals surface area contributed by atoms with Crippen LogP contribution in [0.1, 0.15) is 30.0 Å². The number of nitrogens with one attached hydrogen (secondary N) is 1. The summed E-state index contributed by atoms with van der Waals surface area (Å²) in [7, 11) is 1.86. The first-order chi connectivity index (χ1) is 8.67. The second kappa shape index (κ2) is 5.46. The van der Waals surface area contributed by atoms with Gasteiger partial charge in [0.25, 0.3) is 0 Å². The zero-order chi connectivity index (χ0) is 13.1. The molecule has 2 rings (SSSR count). The van der Waals surface area contributed by atoms with Crippen molar-refractivity contribution in [3.8, 4) is 0 Å². The summed E-state index contributed by atoms with van der Waals surface area (Å²) in [5, 5.41) is 8.05. The molecule has 5 nitrogen and oxygen atoms in total. The minimum Gasteiger partial charge on any atom is -0.305 e. The van der Waals surface area contributed by atoms with Gasteiger partial charge in [-0.1, -0.05) is 11.6 Å². The van der Waals surface area contributed by atoms with Gasteiger partial charge in [0, 0.05) is 18.9 Å². The van der Waals surface area contributed by atoms with Crippen molar-refractivity contribution >= 4 is 11.6 Å².